The van der Waals surface area contributed by atoms with E-state index in [-0.39, 0.29) is 12.0 Å². The van der Waals surface area contributed by atoms with Gasteiger partial charge in [0.15, 0.2) is 0 Å². The smallest absolute Gasteiger partial charge is 0.337 e. The zero-order valence-electron chi connectivity index (χ0n) is 13.5. The predicted octanol–water partition coefficient (Wildman–Crippen LogP) is 1.95. The molecular weight excluding hydrogens is 282 g/mol. The summed E-state index contributed by atoms with van der Waals surface area (Å²) < 4.78 is 4.69. The molecule has 1 aliphatic rings. The maximum atomic E-state index is 12.3. The SMILES string of the molecule is COC(=O)c1ccc(NC(=O)N2CC[C@@H](N(C)C)C2)c(C)c1. The zero-order chi connectivity index (χ0) is 16.3. The lowest BCUT2D eigenvalue weighted by atomic mass is 10.1. The highest BCUT2D eigenvalue weighted by molar-refractivity contribution is 5.93. The molecule has 1 aromatic carbocycles. The second-order valence-electron chi connectivity index (χ2n) is 5.80. The van der Waals surface area contributed by atoms with Gasteiger partial charge in [-0.1, -0.05) is 0 Å². The Hall–Kier alpha value is -2.08. The third-order valence-electron chi connectivity index (χ3n) is 4.07. The summed E-state index contributed by atoms with van der Waals surface area (Å²) in [6.45, 7) is 3.35. The molecule has 0 spiro atoms. The highest BCUT2D eigenvalue weighted by atomic mass is 16.5. The van der Waals surface area contributed by atoms with Crippen molar-refractivity contribution < 1.29 is 14.3 Å². The van der Waals surface area contributed by atoms with Crippen LogP contribution in [-0.4, -0.2) is 62.1 Å². The van der Waals surface area contributed by atoms with E-state index in [2.05, 4.69) is 15.0 Å². The fraction of sp³-hybridized carbons (Fsp3) is 0.500. The number of aryl methyl sites for hydroxylation is 1. The van der Waals surface area contributed by atoms with E-state index in [0.717, 1.165) is 25.1 Å². The van der Waals surface area contributed by atoms with Gasteiger partial charge in [-0.05, 0) is 51.2 Å². The minimum atomic E-state index is -0.380. The number of anilines is 1. The molecule has 2 rings (SSSR count). The van der Waals surface area contributed by atoms with Crippen LogP contribution in [0.25, 0.3) is 0 Å². The number of amides is 2. The van der Waals surface area contributed by atoms with Crippen molar-refractivity contribution in [3.63, 3.8) is 0 Å². The molecule has 2 amide bonds. The highest BCUT2D eigenvalue weighted by Gasteiger charge is 2.27. The Labute approximate surface area is 131 Å². The first kappa shape index (κ1) is 16.3. The van der Waals surface area contributed by atoms with Gasteiger partial charge in [0.2, 0.25) is 0 Å². The van der Waals surface area contributed by atoms with Crippen LogP contribution in [0.3, 0.4) is 0 Å². The summed E-state index contributed by atoms with van der Waals surface area (Å²) in [5, 5.41) is 2.91. The van der Waals surface area contributed by atoms with E-state index < -0.39 is 0 Å². The van der Waals surface area contributed by atoms with Crippen molar-refractivity contribution in [2.45, 2.75) is 19.4 Å². The molecule has 1 atom stereocenters. The molecule has 6 nitrogen and oxygen atoms in total. The third kappa shape index (κ3) is 3.57. The second-order valence-corrected chi connectivity index (χ2v) is 5.80. The number of nitrogens with zero attached hydrogens (tertiary/aromatic N) is 2. The molecular formula is C16H23N3O3. The molecule has 0 aromatic heterocycles. The number of nitrogens with one attached hydrogen (secondary N) is 1. The fourth-order valence-corrected chi connectivity index (χ4v) is 2.59. The van der Waals surface area contributed by atoms with Gasteiger partial charge in [0.05, 0.1) is 12.7 Å². The Kier molecular flexibility index (Phi) is 5.03. The van der Waals surface area contributed by atoms with Crippen molar-refractivity contribution >= 4 is 17.7 Å². The van der Waals surface area contributed by atoms with Gasteiger partial charge in [0.25, 0.3) is 0 Å². The summed E-state index contributed by atoms with van der Waals surface area (Å²) in [5.41, 5.74) is 2.03. The number of ether oxygens (including phenoxy) is 1. The molecule has 0 radical (unpaired) electrons. The van der Waals surface area contributed by atoms with E-state index in [1.54, 1.807) is 18.2 Å². The zero-order valence-corrected chi connectivity index (χ0v) is 13.5. The summed E-state index contributed by atoms with van der Waals surface area (Å²) in [6, 6.07) is 5.42. The van der Waals surface area contributed by atoms with Gasteiger partial charge in [0.1, 0.15) is 0 Å². The lowest BCUT2D eigenvalue weighted by Crippen LogP contribution is -2.36. The molecule has 1 aromatic rings. The van der Waals surface area contributed by atoms with E-state index in [1.165, 1.54) is 7.11 Å². The normalized spacial score (nSPS) is 17.7. The van der Waals surface area contributed by atoms with E-state index in [4.69, 9.17) is 0 Å². The molecule has 1 saturated heterocycles. The van der Waals surface area contributed by atoms with Crippen LogP contribution in [0.2, 0.25) is 0 Å². The number of carbonyl (C=O) groups excluding carboxylic acids is 2. The number of benzene rings is 1. The summed E-state index contributed by atoms with van der Waals surface area (Å²) >= 11 is 0. The Morgan fingerprint density at radius 3 is 2.64 bits per heavy atom. The number of hydrogen-bond acceptors (Lipinski definition) is 4. The van der Waals surface area contributed by atoms with Crippen LogP contribution in [0, 0.1) is 6.92 Å². The van der Waals surface area contributed by atoms with Crippen LogP contribution in [-0.2, 0) is 4.74 Å². The van der Waals surface area contributed by atoms with Crippen LogP contribution >= 0.6 is 0 Å². The monoisotopic (exact) mass is 305 g/mol. The van der Waals surface area contributed by atoms with Gasteiger partial charge in [-0.25, -0.2) is 9.59 Å². The molecule has 0 aliphatic carbocycles. The van der Waals surface area contributed by atoms with E-state index in [9.17, 15) is 9.59 Å². The fourth-order valence-electron chi connectivity index (χ4n) is 2.59. The molecule has 0 bridgehead atoms. The Balaban J connectivity index is 2.02. The maximum Gasteiger partial charge on any atom is 0.337 e. The number of rotatable bonds is 3. The lowest BCUT2D eigenvalue weighted by molar-refractivity contribution is 0.0600. The number of hydrogen-bond donors (Lipinski definition) is 1. The summed E-state index contributed by atoms with van der Waals surface area (Å²) in [5.74, 6) is -0.380. The number of likely N-dealkylation sites (N-methyl/N-ethyl adjacent to an activating group) is 1. The van der Waals surface area contributed by atoms with Crippen molar-refractivity contribution in [3.05, 3.63) is 29.3 Å². The summed E-state index contributed by atoms with van der Waals surface area (Å²) in [7, 11) is 5.41. The molecule has 1 heterocycles. The highest BCUT2D eigenvalue weighted by Crippen LogP contribution is 2.19. The van der Waals surface area contributed by atoms with Crippen molar-refractivity contribution in [1.82, 2.24) is 9.80 Å². The molecule has 1 fully saturated rings. The number of carbonyl (C=O) groups is 2. The molecule has 22 heavy (non-hydrogen) atoms. The molecule has 0 unspecified atom stereocenters. The van der Waals surface area contributed by atoms with Gasteiger partial charge in [-0.15, -0.1) is 0 Å². The van der Waals surface area contributed by atoms with E-state index >= 15 is 0 Å². The third-order valence-corrected chi connectivity index (χ3v) is 4.07. The Morgan fingerprint density at radius 1 is 1.36 bits per heavy atom. The van der Waals surface area contributed by atoms with Gasteiger partial charge in [0, 0.05) is 24.8 Å². The minimum Gasteiger partial charge on any atom is -0.465 e. The quantitative estimate of drug-likeness (QED) is 0.867. The van der Waals surface area contributed by atoms with Gasteiger partial charge >= 0.3 is 12.0 Å². The van der Waals surface area contributed by atoms with Crippen molar-refractivity contribution in [3.8, 4) is 0 Å². The van der Waals surface area contributed by atoms with Crippen LogP contribution in [0.1, 0.15) is 22.3 Å². The number of methoxy groups -OCH3 is 1. The average molecular weight is 305 g/mol. The van der Waals surface area contributed by atoms with Gasteiger partial charge in [-0.3, -0.25) is 0 Å². The standard InChI is InChI=1S/C16H23N3O3/c1-11-9-12(15(20)22-4)5-6-14(11)17-16(21)19-8-7-13(10-19)18(2)3/h5-6,9,13H,7-8,10H2,1-4H3,(H,17,21)/t13-/m1/s1. The first-order valence-corrected chi connectivity index (χ1v) is 7.33. The van der Waals surface area contributed by atoms with Crippen LogP contribution < -0.4 is 5.32 Å². The minimum absolute atomic E-state index is 0.0988. The second kappa shape index (κ2) is 6.79. The average Bonchev–Trinajstić information content (AvgIpc) is 2.98. The summed E-state index contributed by atoms with van der Waals surface area (Å²) in [4.78, 5) is 27.8. The maximum absolute atomic E-state index is 12.3. The van der Waals surface area contributed by atoms with Crippen LogP contribution in [0.4, 0.5) is 10.5 Å². The lowest BCUT2D eigenvalue weighted by Gasteiger charge is -2.21. The van der Waals surface area contributed by atoms with Crippen LogP contribution in [0.15, 0.2) is 18.2 Å². The molecule has 0 saturated carbocycles. The first-order chi connectivity index (χ1) is 10.4. The van der Waals surface area contributed by atoms with E-state index in [0.29, 0.717) is 17.3 Å². The topological polar surface area (TPSA) is 61.9 Å². The molecule has 1 N–H and O–H groups in total. The molecule has 120 valence electrons. The molecule has 6 heteroatoms. The van der Waals surface area contributed by atoms with E-state index in [1.807, 2.05) is 25.9 Å². The number of urea groups is 1. The van der Waals surface area contributed by atoms with Crippen molar-refractivity contribution in [2.24, 2.45) is 0 Å². The predicted molar refractivity (Wildman–Crippen MR) is 85.2 cm³/mol. The Morgan fingerprint density at radius 2 is 2.09 bits per heavy atom. The molecule has 1 aliphatic heterocycles. The van der Waals surface area contributed by atoms with Crippen molar-refractivity contribution in [2.75, 3.05) is 39.6 Å². The van der Waals surface area contributed by atoms with Gasteiger partial charge in [-0.2, -0.15) is 0 Å². The van der Waals surface area contributed by atoms with Crippen molar-refractivity contribution in [1.29, 1.82) is 0 Å². The van der Waals surface area contributed by atoms with Gasteiger partial charge < -0.3 is 19.9 Å². The first-order valence-electron chi connectivity index (χ1n) is 7.33. The number of likely N-dealkylation sites (tertiary alicyclic amines) is 1. The van der Waals surface area contributed by atoms with Crippen LogP contribution in [0.5, 0.6) is 0 Å². The Bertz CT molecular complexity index is 572. The summed E-state index contributed by atoms with van der Waals surface area (Å²) in [6.07, 6.45) is 0.987. The number of esters is 1. The largest absolute Gasteiger partial charge is 0.465 e.